The van der Waals surface area contributed by atoms with Crippen LogP contribution in [0.15, 0.2) is 23.1 Å². The molecular weight excluding hydrogens is 314 g/mol. The van der Waals surface area contributed by atoms with Gasteiger partial charge in [0, 0.05) is 24.2 Å². The highest BCUT2D eigenvalue weighted by atomic mass is 35.5. The summed E-state index contributed by atoms with van der Waals surface area (Å²) in [6, 6.07) is 4.49. The lowest BCUT2D eigenvalue weighted by Gasteiger charge is -2.16. The maximum Gasteiger partial charge on any atom is 0.283 e. The molecule has 1 unspecified atom stereocenters. The summed E-state index contributed by atoms with van der Waals surface area (Å²) in [6.45, 7) is 0.390. The van der Waals surface area contributed by atoms with Crippen LogP contribution in [0.5, 0.6) is 0 Å². The minimum absolute atomic E-state index is 0. The Hall–Kier alpha value is -1.31. The molecule has 1 aromatic carbocycles. The summed E-state index contributed by atoms with van der Waals surface area (Å²) >= 11 is 1.28. The van der Waals surface area contributed by atoms with Gasteiger partial charge in [-0.2, -0.15) is 0 Å². The minimum Gasteiger partial charge on any atom is -0.348 e. The third-order valence-corrected chi connectivity index (χ3v) is 4.18. The second kappa shape index (κ2) is 7.63. The first-order chi connectivity index (χ1) is 9.56. The van der Waals surface area contributed by atoms with Crippen LogP contribution in [0.3, 0.4) is 0 Å². The molecule has 1 amide bonds. The fourth-order valence-electron chi connectivity index (χ4n) is 2.09. The Bertz CT molecular complexity index is 537. The van der Waals surface area contributed by atoms with Crippen molar-refractivity contribution in [1.29, 1.82) is 0 Å². The number of carbonyl (C=O) groups is 1. The summed E-state index contributed by atoms with van der Waals surface area (Å²) in [5.41, 5.74) is 5.90. The van der Waals surface area contributed by atoms with Crippen LogP contribution < -0.4 is 11.1 Å². The molecule has 6 nitrogen and oxygen atoms in total. The topological polar surface area (TPSA) is 98.3 Å². The Morgan fingerprint density at radius 1 is 1.57 bits per heavy atom. The number of nitrogens with two attached hydrogens (primary N) is 1. The van der Waals surface area contributed by atoms with Gasteiger partial charge in [0.05, 0.1) is 9.82 Å². The molecule has 2 rings (SSSR count). The number of halogens is 1. The molecule has 1 fully saturated rings. The largest absolute Gasteiger partial charge is 0.348 e. The molecule has 0 heterocycles. The third kappa shape index (κ3) is 4.33. The van der Waals surface area contributed by atoms with Gasteiger partial charge in [-0.3, -0.25) is 14.9 Å². The third-order valence-electron chi connectivity index (χ3n) is 3.40. The zero-order chi connectivity index (χ0) is 14.7. The Morgan fingerprint density at radius 2 is 2.24 bits per heavy atom. The fraction of sp³-hybridized carbons (Fsp3) is 0.462. The van der Waals surface area contributed by atoms with E-state index in [-0.39, 0.29) is 30.0 Å². The summed E-state index contributed by atoms with van der Waals surface area (Å²) in [7, 11) is 0. The van der Waals surface area contributed by atoms with Gasteiger partial charge in [0.1, 0.15) is 0 Å². The first-order valence-electron chi connectivity index (χ1n) is 6.40. The van der Waals surface area contributed by atoms with E-state index >= 15 is 0 Å². The number of nitrogens with zero attached hydrogens (tertiary/aromatic N) is 1. The maximum absolute atomic E-state index is 12.1. The second-order valence-corrected chi connectivity index (χ2v) is 5.64. The number of thioether (sulfide) groups is 1. The van der Waals surface area contributed by atoms with Crippen molar-refractivity contribution >= 4 is 35.8 Å². The molecule has 0 aromatic heterocycles. The van der Waals surface area contributed by atoms with Gasteiger partial charge in [-0.05, 0) is 37.1 Å². The average Bonchev–Trinajstić information content (AvgIpc) is 3.28. The van der Waals surface area contributed by atoms with Gasteiger partial charge >= 0.3 is 0 Å². The van der Waals surface area contributed by atoms with Crippen LogP contribution in [0, 0.1) is 16.0 Å². The van der Waals surface area contributed by atoms with Gasteiger partial charge in [0.2, 0.25) is 0 Å². The van der Waals surface area contributed by atoms with Crippen molar-refractivity contribution in [2.75, 3.05) is 12.8 Å². The SMILES string of the molecule is CSc1ccc(C(=O)NC(CN)C2CC2)cc1[N+](=O)[O-].Cl. The molecule has 0 radical (unpaired) electrons. The van der Waals surface area contributed by atoms with Gasteiger partial charge in [-0.15, -0.1) is 24.2 Å². The first-order valence-corrected chi connectivity index (χ1v) is 7.62. The number of carbonyl (C=O) groups excluding carboxylic acids is 1. The number of hydrogen-bond acceptors (Lipinski definition) is 5. The molecule has 1 aliphatic carbocycles. The van der Waals surface area contributed by atoms with Crippen LogP contribution in [-0.4, -0.2) is 29.7 Å². The number of hydrogen-bond donors (Lipinski definition) is 2. The molecule has 1 aliphatic rings. The highest BCUT2D eigenvalue weighted by Crippen LogP contribution is 2.32. The quantitative estimate of drug-likeness (QED) is 0.473. The highest BCUT2D eigenvalue weighted by Gasteiger charge is 2.31. The van der Waals surface area contributed by atoms with E-state index in [2.05, 4.69) is 5.32 Å². The van der Waals surface area contributed by atoms with Gasteiger partial charge in [-0.25, -0.2) is 0 Å². The summed E-state index contributed by atoms with van der Waals surface area (Å²) in [5, 5.41) is 13.8. The van der Waals surface area contributed by atoms with E-state index < -0.39 is 4.92 Å². The van der Waals surface area contributed by atoms with Crippen molar-refractivity contribution in [3.05, 3.63) is 33.9 Å². The van der Waals surface area contributed by atoms with Gasteiger partial charge < -0.3 is 11.1 Å². The van der Waals surface area contributed by atoms with E-state index in [4.69, 9.17) is 5.73 Å². The highest BCUT2D eigenvalue weighted by molar-refractivity contribution is 7.98. The van der Waals surface area contributed by atoms with Crippen LogP contribution in [0.1, 0.15) is 23.2 Å². The Morgan fingerprint density at radius 3 is 2.71 bits per heavy atom. The van der Waals surface area contributed by atoms with E-state index in [1.54, 1.807) is 18.4 Å². The molecule has 0 saturated heterocycles. The molecule has 1 aromatic rings. The standard InChI is InChI=1S/C13H17N3O3S.ClH/c1-20-12-5-4-9(6-11(12)16(18)19)13(17)15-10(7-14)8-2-3-8;/h4-6,8,10H,2-3,7,14H2,1H3,(H,15,17);1H. The zero-order valence-electron chi connectivity index (χ0n) is 11.6. The zero-order valence-corrected chi connectivity index (χ0v) is 13.2. The number of nitrogens with one attached hydrogen (secondary N) is 1. The number of amides is 1. The molecule has 1 saturated carbocycles. The summed E-state index contributed by atoms with van der Waals surface area (Å²) in [4.78, 5) is 23.2. The molecule has 1 atom stereocenters. The molecule has 21 heavy (non-hydrogen) atoms. The fourth-order valence-corrected chi connectivity index (χ4v) is 2.64. The molecule has 0 aliphatic heterocycles. The smallest absolute Gasteiger partial charge is 0.283 e. The Labute approximate surface area is 133 Å². The molecular formula is C13H18ClN3O3S. The van der Waals surface area contributed by atoms with Crippen LogP contribution in [0.25, 0.3) is 0 Å². The van der Waals surface area contributed by atoms with E-state index in [0.717, 1.165) is 12.8 Å². The Kier molecular flexibility index (Phi) is 6.44. The second-order valence-electron chi connectivity index (χ2n) is 4.80. The molecule has 0 bridgehead atoms. The van der Waals surface area contributed by atoms with Crippen LogP contribution in [0.4, 0.5) is 5.69 Å². The summed E-state index contributed by atoms with van der Waals surface area (Å²) in [6.07, 6.45) is 3.92. The average molecular weight is 332 g/mol. The lowest BCUT2D eigenvalue weighted by molar-refractivity contribution is -0.387. The lowest BCUT2D eigenvalue weighted by atomic mass is 10.1. The van der Waals surface area contributed by atoms with E-state index in [0.29, 0.717) is 22.9 Å². The predicted octanol–water partition coefficient (Wildman–Crippen LogP) is 2.21. The monoisotopic (exact) mass is 331 g/mol. The van der Waals surface area contributed by atoms with Crippen molar-refractivity contribution in [3.63, 3.8) is 0 Å². The number of benzene rings is 1. The molecule has 8 heteroatoms. The summed E-state index contributed by atoms with van der Waals surface area (Å²) in [5.74, 6) is 0.146. The first kappa shape index (κ1) is 17.7. The van der Waals surface area contributed by atoms with Crippen LogP contribution in [-0.2, 0) is 0 Å². The molecule has 0 spiro atoms. The normalized spacial score (nSPS) is 15.0. The van der Waals surface area contributed by atoms with Gasteiger partial charge in [0.15, 0.2) is 0 Å². The number of nitro benzene ring substituents is 1. The predicted molar refractivity (Wildman–Crippen MR) is 85.2 cm³/mol. The van der Waals surface area contributed by atoms with Crippen molar-refractivity contribution in [2.24, 2.45) is 11.7 Å². The van der Waals surface area contributed by atoms with Crippen LogP contribution >= 0.6 is 24.2 Å². The van der Waals surface area contributed by atoms with E-state index in [1.165, 1.54) is 17.8 Å². The molecule has 3 N–H and O–H groups in total. The van der Waals surface area contributed by atoms with Crippen molar-refractivity contribution in [1.82, 2.24) is 5.32 Å². The lowest BCUT2D eigenvalue weighted by Crippen LogP contribution is -2.41. The number of rotatable bonds is 6. The maximum atomic E-state index is 12.1. The van der Waals surface area contributed by atoms with Crippen molar-refractivity contribution < 1.29 is 9.72 Å². The summed E-state index contributed by atoms with van der Waals surface area (Å²) < 4.78 is 0. The van der Waals surface area contributed by atoms with Crippen molar-refractivity contribution in [3.8, 4) is 0 Å². The molecule has 116 valence electrons. The van der Waals surface area contributed by atoms with E-state index in [9.17, 15) is 14.9 Å². The van der Waals surface area contributed by atoms with Gasteiger partial charge in [0.25, 0.3) is 11.6 Å². The van der Waals surface area contributed by atoms with E-state index in [1.807, 2.05) is 0 Å². The number of nitro groups is 1. The Balaban J connectivity index is 0.00000220. The minimum atomic E-state index is -0.468. The van der Waals surface area contributed by atoms with Crippen molar-refractivity contribution in [2.45, 2.75) is 23.8 Å². The van der Waals surface area contributed by atoms with Crippen LogP contribution in [0.2, 0.25) is 0 Å². The van der Waals surface area contributed by atoms with Gasteiger partial charge in [-0.1, -0.05) is 0 Å².